The molecule has 1 aliphatic heterocycles. The number of amides is 4. The van der Waals surface area contributed by atoms with Crippen LogP contribution in [-0.2, 0) is 40.1 Å². The Morgan fingerprint density at radius 3 is 2.44 bits per heavy atom. The minimum Gasteiger partial charge on any atom is -0.463 e. The molecule has 1 aromatic carbocycles. The van der Waals surface area contributed by atoms with Crippen molar-refractivity contribution in [2.24, 2.45) is 11.8 Å². The van der Waals surface area contributed by atoms with Gasteiger partial charge >= 0.3 is 12.1 Å². The number of hydrogen-bond donors (Lipinski definition) is 6. The van der Waals surface area contributed by atoms with Crippen molar-refractivity contribution in [1.82, 2.24) is 21.3 Å². The summed E-state index contributed by atoms with van der Waals surface area (Å²) in [7, 11) is 0. The first-order chi connectivity index (χ1) is 18.8. The Labute approximate surface area is 225 Å². The van der Waals surface area contributed by atoms with Crippen LogP contribution in [0, 0.1) is 5.92 Å². The monoisotopic (exact) mass is 549 g/mol. The SMILES string of the molecule is CCOC(=O)C=C[C@H](C[C@@H]1CCNC1=O)NC(=O)[C@H](CON)NC(=O)[C@H](CO)NC(=O)OCc1ccccc1. The van der Waals surface area contributed by atoms with Crippen molar-refractivity contribution in [1.29, 1.82) is 0 Å². The van der Waals surface area contributed by atoms with Crippen molar-refractivity contribution in [2.45, 2.75) is 44.5 Å². The molecule has 4 amide bonds. The fourth-order valence-electron chi connectivity index (χ4n) is 3.68. The quantitative estimate of drug-likeness (QED) is 0.0873. The summed E-state index contributed by atoms with van der Waals surface area (Å²) >= 11 is 0. The molecule has 0 saturated carbocycles. The Morgan fingerprint density at radius 1 is 1.10 bits per heavy atom. The van der Waals surface area contributed by atoms with E-state index in [1.54, 1.807) is 37.3 Å². The number of esters is 1. The minimum atomic E-state index is -1.44. The smallest absolute Gasteiger partial charge is 0.408 e. The van der Waals surface area contributed by atoms with Crippen molar-refractivity contribution in [3.8, 4) is 0 Å². The first-order valence-corrected chi connectivity index (χ1v) is 12.4. The lowest BCUT2D eigenvalue weighted by Gasteiger charge is -2.24. The van der Waals surface area contributed by atoms with Crippen LogP contribution in [0.3, 0.4) is 0 Å². The normalized spacial score (nSPS) is 17.0. The van der Waals surface area contributed by atoms with E-state index >= 15 is 0 Å². The van der Waals surface area contributed by atoms with Gasteiger partial charge in [-0.25, -0.2) is 15.5 Å². The number of hydrogen-bond acceptors (Lipinski definition) is 10. The van der Waals surface area contributed by atoms with Gasteiger partial charge in [0.1, 0.15) is 18.7 Å². The Hall–Kier alpha value is -4.01. The Kier molecular flexibility index (Phi) is 13.4. The topological polar surface area (TPSA) is 207 Å². The van der Waals surface area contributed by atoms with E-state index in [4.69, 9.17) is 15.4 Å². The van der Waals surface area contributed by atoms with Gasteiger partial charge in [-0.2, -0.15) is 0 Å². The molecule has 1 fully saturated rings. The first kappa shape index (κ1) is 31.2. The molecule has 1 heterocycles. The van der Waals surface area contributed by atoms with Gasteiger partial charge in [-0.15, -0.1) is 0 Å². The Morgan fingerprint density at radius 2 is 1.82 bits per heavy atom. The molecule has 7 N–H and O–H groups in total. The van der Waals surface area contributed by atoms with E-state index in [1.165, 1.54) is 6.08 Å². The number of aliphatic hydroxyl groups is 1. The minimum absolute atomic E-state index is 0.0573. The van der Waals surface area contributed by atoms with Crippen LogP contribution in [0.2, 0.25) is 0 Å². The maximum Gasteiger partial charge on any atom is 0.408 e. The molecule has 2 rings (SSSR count). The zero-order valence-electron chi connectivity index (χ0n) is 21.6. The third-order valence-corrected chi connectivity index (χ3v) is 5.68. The molecule has 14 heteroatoms. The highest BCUT2D eigenvalue weighted by Crippen LogP contribution is 2.17. The molecule has 214 valence electrons. The number of nitrogens with two attached hydrogens (primary N) is 1. The maximum atomic E-state index is 13.0. The fourth-order valence-corrected chi connectivity index (χ4v) is 3.68. The molecule has 14 nitrogen and oxygen atoms in total. The number of nitrogens with one attached hydrogen (secondary N) is 4. The highest BCUT2D eigenvalue weighted by molar-refractivity contribution is 5.92. The van der Waals surface area contributed by atoms with E-state index < -0.39 is 61.1 Å². The van der Waals surface area contributed by atoms with Crippen molar-refractivity contribution in [2.75, 3.05) is 26.4 Å². The van der Waals surface area contributed by atoms with Crippen LogP contribution in [0.25, 0.3) is 0 Å². The molecular weight excluding hydrogens is 514 g/mol. The van der Waals surface area contributed by atoms with E-state index in [1.807, 2.05) is 0 Å². The van der Waals surface area contributed by atoms with Gasteiger partial charge < -0.3 is 40.7 Å². The van der Waals surface area contributed by atoms with E-state index in [2.05, 4.69) is 26.1 Å². The molecule has 1 aromatic rings. The molecule has 0 radical (unpaired) electrons. The second kappa shape index (κ2) is 16.8. The number of carbonyl (C=O) groups excluding carboxylic acids is 5. The van der Waals surface area contributed by atoms with Crippen LogP contribution < -0.4 is 27.2 Å². The molecule has 0 bridgehead atoms. The summed E-state index contributed by atoms with van der Waals surface area (Å²) < 4.78 is 9.92. The third kappa shape index (κ3) is 11.1. The lowest BCUT2D eigenvalue weighted by Crippen LogP contribution is -2.57. The highest BCUT2D eigenvalue weighted by Gasteiger charge is 2.31. The van der Waals surface area contributed by atoms with E-state index in [0.717, 1.165) is 11.6 Å². The summed E-state index contributed by atoms with van der Waals surface area (Å²) in [5, 5.41) is 19.6. The predicted octanol–water partition coefficient (Wildman–Crippen LogP) is -1.22. The summed E-state index contributed by atoms with van der Waals surface area (Å²) in [4.78, 5) is 66.2. The average molecular weight is 550 g/mol. The summed E-state index contributed by atoms with van der Waals surface area (Å²) in [5.74, 6) is 2.30. The van der Waals surface area contributed by atoms with E-state index in [9.17, 15) is 29.1 Å². The van der Waals surface area contributed by atoms with Gasteiger partial charge in [0, 0.05) is 24.6 Å². The zero-order chi connectivity index (χ0) is 28.6. The van der Waals surface area contributed by atoms with Gasteiger partial charge in [-0.1, -0.05) is 36.4 Å². The van der Waals surface area contributed by atoms with Crippen molar-refractivity contribution in [3.05, 3.63) is 48.0 Å². The summed E-state index contributed by atoms with van der Waals surface area (Å²) in [6.45, 7) is 1.00. The van der Waals surface area contributed by atoms with Gasteiger partial charge in [-0.3, -0.25) is 14.4 Å². The number of aliphatic hydroxyl groups excluding tert-OH is 1. The summed E-state index contributed by atoms with van der Waals surface area (Å²) in [5.41, 5.74) is 0.719. The number of benzene rings is 1. The van der Waals surface area contributed by atoms with Crippen molar-refractivity contribution in [3.63, 3.8) is 0 Å². The van der Waals surface area contributed by atoms with Crippen LogP contribution in [0.1, 0.15) is 25.3 Å². The molecule has 4 atom stereocenters. The third-order valence-electron chi connectivity index (χ3n) is 5.68. The molecule has 1 aliphatic rings. The van der Waals surface area contributed by atoms with E-state index in [0.29, 0.717) is 13.0 Å². The van der Waals surface area contributed by atoms with Crippen LogP contribution in [-0.4, -0.2) is 79.4 Å². The van der Waals surface area contributed by atoms with E-state index in [-0.39, 0.29) is 25.5 Å². The lowest BCUT2D eigenvalue weighted by molar-refractivity contribution is -0.137. The second-order valence-corrected chi connectivity index (χ2v) is 8.57. The molecular formula is C25H35N5O9. The number of carbonyl (C=O) groups is 5. The number of rotatable bonds is 15. The molecule has 39 heavy (non-hydrogen) atoms. The van der Waals surface area contributed by atoms with Crippen LogP contribution in [0.4, 0.5) is 4.79 Å². The number of ether oxygens (including phenoxy) is 2. The second-order valence-electron chi connectivity index (χ2n) is 8.57. The zero-order valence-corrected chi connectivity index (χ0v) is 21.6. The van der Waals surface area contributed by atoms with Crippen molar-refractivity contribution >= 4 is 29.8 Å². The predicted molar refractivity (Wildman–Crippen MR) is 136 cm³/mol. The Balaban J connectivity index is 2.01. The molecule has 0 spiro atoms. The molecule has 0 unspecified atom stereocenters. The average Bonchev–Trinajstić information content (AvgIpc) is 3.33. The van der Waals surface area contributed by atoms with Crippen molar-refractivity contribution < 1.29 is 43.4 Å². The maximum absolute atomic E-state index is 13.0. The Bertz CT molecular complexity index is 1000. The molecule has 1 saturated heterocycles. The molecule has 0 aliphatic carbocycles. The van der Waals surface area contributed by atoms with Gasteiger partial charge in [-0.05, 0) is 25.3 Å². The van der Waals surface area contributed by atoms with Gasteiger partial charge in [0.05, 0.1) is 19.8 Å². The standard InChI is InChI=1S/C25H35N5O9/c1-2-37-21(32)9-8-18(12-17-10-11-27-22(17)33)28-24(35)20(15-39-26)29-23(34)19(13-31)30-25(36)38-14-16-6-4-3-5-7-16/h3-9,17-20,31H,2,10-15,26H2,1H3,(H,27,33)(H,28,35)(H,29,34)(H,30,36)/t17-,18+,19-,20-/m0/s1. The lowest BCUT2D eigenvalue weighted by atomic mass is 9.97. The van der Waals surface area contributed by atoms with Gasteiger partial charge in [0.2, 0.25) is 17.7 Å². The highest BCUT2D eigenvalue weighted by atomic mass is 16.6. The van der Waals surface area contributed by atoms with Gasteiger partial charge in [0.15, 0.2) is 0 Å². The molecule has 0 aromatic heterocycles. The fraction of sp³-hybridized carbons (Fsp3) is 0.480. The number of alkyl carbamates (subject to hydrolysis) is 1. The summed E-state index contributed by atoms with van der Waals surface area (Å²) in [6.07, 6.45) is 2.31. The van der Waals surface area contributed by atoms with Crippen LogP contribution >= 0.6 is 0 Å². The largest absolute Gasteiger partial charge is 0.463 e. The van der Waals surface area contributed by atoms with Crippen LogP contribution in [0.5, 0.6) is 0 Å². The van der Waals surface area contributed by atoms with Gasteiger partial charge in [0.25, 0.3) is 0 Å². The van der Waals surface area contributed by atoms with Crippen LogP contribution in [0.15, 0.2) is 42.5 Å². The summed E-state index contributed by atoms with van der Waals surface area (Å²) in [6, 6.07) is 5.28. The first-order valence-electron chi connectivity index (χ1n) is 12.4.